The van der Waals surface area contributed by atoms with Gasteiger partial charge in [-0.3, -0.25) is 4.79 Å². The SMILES string of the molecule is O=C(Nc1ccc(Cl)c(Cl)c1)c1ccccc1CCc1ccccc1. The van der Waals surface area contributed by atoms with Gasteiger partial charge in [-0.15, -0.1) is 0 Å². The second-order valence-electron chi connectivity index (χ2n) is 5.73. The monoisotopic (exact) mass is 369 g/mol. The minimum Gasteiger partial charge on any atom is -0.322 e. The Labute approximate surface area is 157 Å². The molecule has 0 heterocycles. The first-order chi connectivity index (χ1) is 12.1. The third kappa shape index (κ3) is 4.62. The fourth-order valence-electron chi connectivity index (χ4n) is 2.66. The second-order valence-corrected chi connectivity index (χ2v) is 6.54. The Morgan fingerprint density at radius 3 is 2.28 bits per heavy atom. The molecule has 0 aliphatic heterocycles. The van der Waals surface area contributed by atoms with Crippen molar-refractivity contribution in [3.8, 4) is 0 Å². The lowest BCUT2D eigenvalue weighted by atomic mass is 9.99. The van der Waals surface area contributed by atoms with Gasteiger partial charge in [-0.05, 0) is 48.2 Å². The highest BCUT2D eigenvalue weighted by Crippen LogP contribution is 2.25. The lowest BCUT2D eigenvalue weighted by Gasteiger charge is -2.11. The molecular formula is C21H17Cl2NO. The number of anilines is 1. The van der Waals surface area contributed by atoms with E-state index in [0.717, 1.165) is 18.4 Å². The van der Waals surface area contributed by atoms with Crippen molar-refractivity contribution < 1.29 is 4.79 Å². The molecule has 4 heteroatoms. The Balaban J connectivity index is 1.75. The molecular weight excluding hydrogens is 353 g/mol. The lowest BCUT2D eigenvalue weighted by Crippen LogP contribution is -2.14. The summed E-state index contributed by atoms with van der Waals surface area (Å²) in [5.74, 6) is -0.151. The Morgan fingerprint density at radius 1 is 0.800 bits per heavy atom. The number of carbonyl (C=O) groups excluding carboxylic acids is 1. The summed E-state index contributed by atoms with van der Waals surface area (Å²) in [7, 11) is 0. The summed E-state index contributed by atoms with van der Waals surface area (Å²) < 4.78 is 0. The molecule has 126 valence electrons. The molecule has 25 heavy (non-hydrogen) atoms. The van der Waals surface area contributed by atoms with Gasteiger partial charge < -0.3 is 5.32 Å². The largest absolute Gasteiger partial charge is 0.322 e. The van der Waals surface area contributed by atoms with Crippen LogP contribution in [-0.2, 0) is 12.8 Å². The van der Waals surface area contributed by atoms with Gasteiger partial charge in [-0.1, -0.05) is 71.7 Å². The maximum Gasteiger partial charge on any atom is 0.255 e. The average molecular weight is 370 g/mol. The first kappa shape index (κ1) is 17.5. The van der Waals surface area contributed by atoms with Gasteiger partial charge in [-0.25, -0.2) is 0 Å². The van der Waals surface area contributed by atoms with Crippen LogP contribution in [0.2, 0.25) is 10.0 Å². The molecule has 0 atom stereocenters. The zero-order chi connectivity index (χ0) is 17.6. The normalized spacial score (nSPS) is 10.5. The van der Waals surface area contributed by atoms with E-state index in [1.54, 1.807) is 18.2 Å². The fraction of sp³-hybridized carbons (Fsp3) is 0.0952. The number of benzene rings is 3. The summed E-state index contributed by atoms with van der Waals surface area (Å²) in [5.41, 5.74) is 3.56. The number of hydrogen-bond acceptors (Lipinski definition) is 1. The zero-order valence-corrected chi connectivity index (χ0v) is 15.0. The van der Waals surface area contributed by atoms with Gasteiger partial charge in [0.15, 0.2) is 0 Å². The van der Waals surface area contributed by atoms with Crippen LogP contribution in [0.3, 0.4) is 0 Å². The second kappa shape index (κ2) is 8.19. The molecule has 0 aliphatic carbocycles. The first-order valence-corrected chi connectivity index (χ1v) is 8.77. The number of hydrogen-bond donors (Lipinski definition) is 1. The third-order valence-electron chi connectivity index (χ3n) is 3.97. The van der Waals surface area contributed by atoms with E-state index in [-0.39, 0.29) is 5.91 Å². The molecule has 1 N–H and O–H groups in total. The highest BCUT2D eigenvalue weighted by Gasteiger charge is 2.12. The number of carbonyl (C=O) groups is 1. The summed E-state index contributed by atoms with van der Waals surface area (Å²) >= 11 is 11.9. The maximum absolute atomic E-state index is 12.7. The van der Waals surface area contributed by atoms with Crippen molar-refractivity contribution >= 4 is 34.8 Å². The number of halogens is 2. The number of nitrogens with one attached hydrogen (secondary N) is 1. The van der Waals surface area contributed by atoms with Crippen molar-refractivity contribution in [2.75, 3.05) is 5.32 Å². The van der Waals surface area contributed by atoms with Crippen LogP contribution in [0.25, 0.3) is 0 Å². The van der Waals surface area contributed by atoms with Gasteiger partial charge in [0.25, 0.3) is 5.91 Å². The van der Waals surface area contributed by atoms with E-state index in [1.807, 2.05) is 42.5 Å². The highest BCUT2D eigenvalue weighted by molar-refractivity contribution is 6.42. The summed E-state index contributed by atoms with van der Waals surface area (Å²) in [6.45, 7) is 0. The molecule has 0 aliphatic rings. The molecule has 0 saturated carbocycles. The summed E-state index contributed by atoms with van der Waals surface area (Å²) in [4.78, 5) is 12.7. The van der Waals surface area contributed by atoms with Gasteiger partial charge >= 0.3 is 0 Å². The number of amides is 1. The molecule has 0 radical (unpaired) electrons. The van der Waals surface area contributed by atoms with Gasteiger partial charge in [-0.2, -0.15) is 0 Å². The Hall–Kier alpha value is -2.29. The molecule has 0 fully saturated rings. The molecule has 3 rings (SSSR count). The third-order valence-corrected chi connectivity index (χ3v) is 4.70. The predicted octanol–water partition coefficient (Wildman–Crippen LogP) is 6.03. The van der Waals surface area contributed by atoms with Gasteiger partial charge in [0.05, 0.1) is 10.0 Å². The minimum absolute atomic E-state index is 0.151. The Bertz CT molecular complexity index is 878. The van der Waals surface area contributed by atoms with Crippen molar-refractivity contribution in [2.45, 2.75) is 12.8 Å². The van der Waals surface area contributed by atoms with Crippen LogP contribution in [0.4, 0.5) is 5.69 Å². The number of aryl methyl sites for hydroxylation is 2. The van der Waals surface area contributed by atoms with Crippen LogP contribution in [0.5, 0.6) is 0 Å². The van der Waals surface area contributed by atoms with Crippen LogP contribution in [0.1, 0.15) is 21.5 Å². The molecule has 0 spiro atoms. The van der Waals surface area contributed by atoms with Crippen LogP contribution >= 0.6 is 23.2 Å². The summed E-state index contributed by atoms with van der Waals surface area (Å²) in [5, 5.41) is 3.76. The maximum atomic E-state index is 12.7. The van der Waals surface area contributed by atoms with E-state index in [2.05, 4.69) is 17.4 Å². The predicted molar refractivity (Wildman–Crippen MR) is 105 cm³/mol. The molecule has 0 saturated heterocycles. The smallest absolute Gasteiger partial charge is 0.255 e. The van der Waals surface area contributed by atoms with E-state index >= 15 is 0 Å². The van der Waals surface area contributed by atoms with E-state index in [9.17, 15) is 4.79 Å². The van der Waals surface area contributed by atoms with Crippen molar-refractivity contribution in [3.05, 3.63) is 99.5 Å². The topological polar surface area (TPSA) is 29.1 Å². The summed E-state index contributed by atoms with van der Waals surface area (Å²) in [6.07, 6.45) is 1.69. The molecule has 3 aromatic rings. The standard InChI is InChI=1S/C21H17Cl2NO/c22-19-13-12-17(14-20(19)23)24-21(25)18-9-5-4-8-16(18)11-10-15-6-2-1-3-7-15/h1-9,12-14H,10-11H2,(H,24,25). The van der Waals surface area contributed by atoms with Crippen molar-refractivity contribution in [3.63, 3.8) is 0 Å². The molecule has 2 nitrogen and oxygen atoms in total. The molecule has 0 unspecified atom stereocenters. The van der Waals surface area contributed by atoms with Crippen molar-refractivity contribution in [1.29, 1.82) is 0 Å². The lowest BCUT2D eigenvalue weighted by molar-refractivity contribution is 0.102. The van der Waals surface area contributed by atoms with Crippen LogP contribution < -0.4 is 5.32 Å². The molecule has 3 aromatic carbocycles. The molecule has 1 amide bonds. The van der Waals surface area contributed by atoms with Crippen molar-refractivity contribution in [2.24, 2.45) is 0 Å². The van der Waals surface area contributed by atoms with E-state index in [1.165, 1.54) is 5.56 Å². The highest BCUT2D eigenvalue weighted by atomic mass is 35.5. The zero-order valence-electron chi connectivity index (χ0n) is 13.5. The minimum atomic E-state index is -0.151. The fourth-order valence-corrected chi connectivity index (χ4v) is 2.95. The van der Waals surface area contributed by atoms with Crippen LogP contribution in [-0.4, -0.2) is 5.91 Å². The molecule has 0 bridgehead atoms. The van der Waals surface area contributed by atoms with E-state index in [0.29, 0.717) is 21.3 Å². The Morgan fingerprint density at radius 2 is 1.52 bits per heavy atom. The summed E-state index contributed by atoms with van der Waals surface area (Å²) in [6, 6.07) is 23.0. The van der Waals surface area contributed by atoms with Crippen LogP contribution in [0.15, 0.2) is 72.8 Å². The average Bonchev–Trinajstić information content (AvgIpc) is 2.64. The van der Waals surface area contributed by atoms with E-state index < -0.39 is 0 Å². The van der Waals surface area contributed by atoms with Crippen molar-refractivity contribution in [1.82, 2.24) is 0 Å². The first-order valence-electron chi connectivity index (χ1n) is 8.02. The number of rotatable bonds is 5. The van der Waals surface area contributed by atoms with Crippen LogP contribution in [0, 0.1) is 0 Å². The molecule has 0 aromatic heterocycles. The Kier molecular flexibility index (Phi) is 5.75. The quantitative estimate of drug-likeness (QED) is 0.584. The van der Waals surface area contributed by atoms with E-state index in [4.69, 9.17) is 23.2 Å². The van der Waals surface area contributed by atoms with Gasteiger partial charge in [0.1, 0.15) is 0 Å². The van der Waals surface area contributed by atoms with Gasteiger partial charge in [0.2, 0.25) is 0 Å². The van der Waals surface area contributed by atoms with Gasteiger partial charge in [0, 0.05) is 11.3 Å².